The van der Waals surface area contributed by atoms with Gasteiger partial charge in [0.25, 0.3) is 0 Å². The molecular weight excluding hydrogens is 349 g/mol. The molecule has 8 heteroatoms. The number of fused-ring (bicyclic) bond motifs is 1. The second kappa shape index (κ2) is 6.90. The molecule has 0 saturated carbocycles. The topological polar surface area (TPSA) is 87.0 Å². The molecule has 25 heavy (non-hydrogen) atoms. The summed E-state index contributed by atoms with van der Waals surface area (Å²) in [5, 5.41) is 17.9. The van der Waals surface area contributed by atoms with E-state index in [-0.39, 0.29) is 18.2 Å². The summed E-state index contributed by atoms with van der Waals surface area (Å²) < 4.78 is 18.7. The largest absolute Gasteiger partial charge is 0.493 e. The second-order valence-corrected chi connectivity index (χ2v) is 5.74. The molecular formula is C17H13ClFN3O3. The molecule has 0 aliphatic carbocycles. The molecule has 0 aliphatic heterocycles. The number of hydrogen-bond acceptors (Lipinski definition) is 4. The lowest BCUT2D eigenvalue weighted by Gasteiger charge is -2.06. The maximum atomic E-state index is 13.3. The van der Waals surface area contributed by atoms with Crippen LogP contribution in [0.4, 0.5) is 10.1 Å². The minimum Gasteiger partial charge on any atom is -0.493 e. The van der Waals surface area contributed by atoms with Gasteiger partial charge in [-0.1, -0.05) is 11.6 Å². The van der Waals surface area contributed by atoms with Crippen molar-refractivity contribution in [1.29, 1.82) is 0 Å². The Kier molecular flexibility index (Phi) is 4.67. The van der Waals surface area contributed by atoms with Gasteiger partial charge < -0.3 is 14.8 Å². The molecule has 2 N–H and O–H groups in total. The third-order valence-corrected chi connectivity index (χ3v) is 3.70. The standard InChI is InChI=1S/C17H13ClFN3O3/c1-9-6-10(18)2-5-14(9)25-8-15(23)21-22-16-12-7-11(19)3-4-13(12)20-17(16)24/h2-7,20,24H,8H2,1H3. The maximum absolute atomic E-state index is 13.3. The van der Waals surface area contributed by atoms with Gasteiger partial charge in [-0.15, -0.1) is 10.2 Å². The fraction of sp³-hybridized carbons (Fsp3) is 0.118. The summed E-state index contributed by atoms with van der Waals surface area (Å²) >= 11 is 5.85. The average molecular weight is 362 g/mol. The van der Waals surface area contributed by atoms with Gasteiger partial charge in [0.15, 0.2) is 12.3 Å². The van der Waals surface area contributed by atoms with Crippen LogP contribution in [-0.2, 0) is 4.79 Å². The molecule has 0 atom stereocenters. The van der Waals surface area contributed by atoms with Crippen molar-refractivity contribution < 1.29 is 19.0 Å². The molecule has 1 aromatic heterocycles. The lowest BCUT2D eigenvalue weighted by Crippen LogP contribution is -2.08. The molecule has 3 aromatic rings. The molecule has 0 aliphatic rings. The Morgan fingerprint density at radius 3 is 2.88 bits per heavy atom. The average Bonchev–Trinajstić information content (AvgIpc) is 2.87. The number of H-pyrrole nitrogens is 1. The summed E-state index contributed by atoms with van der Waals surface area (Å²) in [5.41, 5.74) is 1.25. The number of aromatic nitrogens is 1. The number of halogens is 2. The first-order valence-electron chi connectivity index (χ1n) is 7.28. The molecule has 6 nitrogen and oxygen atoms in total. The Hall–Kier alpha value is -2.93. The Morgan fingerprint density at radius 2 is 2.12 bits per heavy atom. The quantitative estimate of drug-likeness (QED) is 0.662. The second-order valence-electron chi connectivity index (χ2n) is 5.30. The van der Waals surface area contributed by atoms with Crippen molar-refractivity contribution in [3.05, 3.63) is 52.8 Å². The van der Waals surface area contributed by atoms with Gasteiger partial charge in [-0.2, -0.15) is 0 Å². The van der Waals surface area contributed by atoms with Crippen molar-refractivity contribution >= 4 is 34.1 Å². The van der Waals surface area contributed by atoms with E-state index in [2.05, 4.69) is 15.2 Å². The van der Waals surface area contributed by atoms with Crippen LogP contribution in [0.2, 0.25) is 5.02 Å². The molecule has 0 unspecified atom stereocenters. The predicted octanol–water partition coefficient (Wildman–Crippen LogP) is 4.66. The highest BCUT2D eigenvalue weighted by Gasteiger charge is 2.12. The third kappa shape index (κ3) is 3.77. The number of ether oxygens (including phenoxy) is 1. The molecule has 128 valence electrons. The fourth-order valence-electron chi connectivity index (χ4n) is 2.29. The highest BCUT2D eigenvalue weighted by molar-refractivity contribution is 6.30. The van der Waals surface area contributed by atoms with Gasteiger partial charge in [0.2, 0.25) is 5.88 Å². The lowest BCUT2D eigenvalue weighted by atomic mass is 10.2. The first-order valence-corrected chi connectivity index (χ1v) is 7.65. The number of nitrogens with one attached hydrogen (secondary N) is 1. The van der Waals surface area contributed by atoms with Crippen LogP contribution in [0.1, 0.15) is 5.56 Å². The van der Waals surface area contributed by atoms with Crippen LogP contribution in [0, 0.1) is 12.7 Å². The minimum absolute atomic E-state index is 0.00877. The number of aromatic hydroxyl groups is 1. The number of amides is 1. The van der Waals surface area contributed by atoms with Gasteiger partial charge in [-0.25, -0.2) is 4.39 Å². The monoisotopic (exact) mass is 361 g/mol. The SMILES string of the molecule is Cc1cc(Cl)ccc1OCC(=O)N=Nc1c(O)[nH]c2ccc(F)cc12. The molecule has 0 spiro atoms. The number of benzene rings is 2. The normalized spacial score (nSPS) is 11.3. The van der Waals surface area contributed by atoms with Gasteiger partial charge in [-0.05, 0) is 48.9 Å². The van der Waals surface area contributed by atoms with E-state index >= 15 is 0 Å². The first kappa shape index (κ1) is 16.9. The van der Waals surface area contributed by atoms with Gasteiger partial charge >= 0.3 is 5.91 Å². The molecule has 0 radical (unpaired) electrons. The van der Waals surface area contributed by atoms with Crippen LogP contribution in [0.15, 0.2) is 46.6 Å². The Morgan fingerprint density at radius 1 is 1.32 bits per heavy atom. The smallest absolute Gasteiger partial charge is 0.302 e. The zero-order valence-corrected chi connectivity index (χ0v) is 13.8. The van der Waals surface area contributed by atoms with E-state index in [0.29, 0.717) is 21.7 Å². The van der Waals surface area contributed by atoms with Crippen molar-refractivity contribution in [2.24, 2.45) is 10.2 Å². The number of carbonyl (C=O) groups is 1. The van der Waals surface area contributed by atoms with Gasteiger partial charge in [-0.3, -0.25) is 4.79 Å². The Labute approximate surface area is 146 Å². The number of rotatable bonds is 4. The van der Waals surface area contributed by atoms with Crippen molar-refractivity contribution in [3.8, 4) is 11.6 Å². The predicted molar refractivity (Wildman–Crippen MR) is 91.1 cm³/mol. The van der Waals surface area contributed by atoms with E-state index < -0.39 is 11.7 Å². The highest BCUT2D eigenvalue weighted by atomic mass is 35.5. The number of aromatic amines is 1. The molecule has 2 aromatic carbocycles. The molecule has 3 rings (SSSR count). The number of carbonyl (C=O) groups excluding carboxylic acids is 1. The van der Waals surface area contributed by atoms with Crippen LogP contribution in [0.5, 0.6) is 11.6 Å². The summed E-state index contributed by atoms with van der Waals surface area (Å²) in [5.74, 6) is -0.938. The van der Waals surface area contributed by atoms with Gasteiger partial charge in [0.05, 0.1) is 5.52 Å². The van der Waals surface area contributed by atoms with E-state index in [0.717, 1.165) is 5.56 Å². The zero-order valence-electron chi connectivity index (χ0n) is 13.1. The van der Waals surface area contributed by atoms with E-state index in [1.54, 1.807) is 25.1 Å². The number of azo groups is 1. The number of nitrogens with zero attached hydrogens (tertiary/aromatic N) is 2. The van der Waals surface area contributed by atoms with Crippen molar-refractivity contribution in [2.45, 2.75) is 6.92 Å². The van der Waals surface area contributed by atoms with Crippen molar-refractivity contribution in [2.75, 3.05) is 6.61 Å². The van der Waals surface area contributed by atoms with Crippen LogP contribution in [0.25, 0.3) is 10.9 Å². The van der Waals surface area contributed by atoms with Crippen LogP contribution in [-0.4, -0.2) is 22.6 Å². The highest BCUT2D eigenvalue weighted by Crippen LogP contribution is 2.35. The first-order chi connectivity index (χ1) is 11.9. The minimum atomic E-state index is -0.653. The molecule has 0 bridgehead atoms. The van der Waals surface area contributed by atoms with Crippen LogP contribution >= 0.6 is 11.6 Å². The molecule has 0 fully saturated rings. The van der Waals surface area contributed by atoms with Gasteiger partial charge in [0, 0.05) is 10.4 Å². The summed E-state index contributed by atoms with van der Waals surface area (Å²) in [7, 11) is 0. The lowest BCUT2D eigenvalue weighted by molar-refractivity contribution is -0.120. The Balaban J connectivity index is 1.72. The van der Waals surface area contributed by atoms with E-state index in [1.165, 1.54) is 18.2 Å². The fourth-order valence-corrected chi connectivity index (χ4v) is 2.51. The van der Waals surface area contributed by atoms with E-state index in [9.17, 15) is 14.3 Å². The summed E-state index contributed by atoms with van der Waals surface area (Å²) in [6.45, 7) is 1.47. The van der Waals surface area contributed by atoms with E-state index in [4.69, 9.17) is 16.3 Å². The van der Waals surface area contributed by atoms with E-state index in [1.807, 2.05) is 0 Å². The zero-order chi connectivity index (χ0) is 18.0. The van der Waals surface area contributed by atoms with Crippen LogP contribution in [0.3, 0.4) is 0 Å². The van der Waals surface area contributed by atoms with Crippen molar-refractivity contribution in [3.63, 3.8) is 0 Å². The molecule has 1 amide bonds. The summed E-state index contributed by atoms with van der Waals surface area (Å²) in [6, 6.07) is 8.90. The van der Waals surface area contributed by atoms with Crippen molar-refractivity contribution in [1.82, 2.24) is 4.98 Å². The van der Waals surface area contributed by atoms with Gasteiger partial charge in [0.1, 0.15) is 11.6 Å². The molecule has 1 heterocycles. The number of hydrogen-bond donors (Lipinski definition) is 2. The maximum Gasteiger partial charge on any atom is 0.302 e. The summed E-state index contributed by atoms with van der Waals surface area (Å²) in [4.78, 5) is 14.5. The summed E-state index contributed by atoms with van der Waals surface area (Å²) in [6.07, 6.45) is 0. The third-order valence-electron chi connectivity index (χ3n) is 3.46. The Bertz CT molecular complexity index is 985. The molecule has 0 saturated heterocycles. The number of aryl methyl sites for hydroxylation is 1. The van der Waals surface area contributed by atoms with Crippen LogP contribution < -0.4 is 4.74 Å².